The highest BCUT2D eigenvalue weighted by molar-refractivity contribution is 6.10. The summed E-state index contributed by atoms with van der Waals surface area (Å²) in [5, 5.41) is 19.8. The summed E-state index contributed by atoms with van der Waals surface area (Å²) in [6.45, 7) is 7.64. The molecule has 0 fully saturated rings. The molecule has 212 valence electrons. The summed E-state index contributed by atoms with van der Waals surface area (Å²) in [7, 11) is 0. The van der Waals surface area contributed by atoms with Gasteiger partial charge in [0.25, 0.3) is 5.91 Å². The Morgan fingerprint density at radius 3 is 2.32 bits per heavy atom. The second-order valence-electron chi connectivity index (χ2n) is 10.2. The first-order chi connectivity index (χ1) is 19.6. The van der Waals surface area contributed by atoms with E-state index >= 15 is 0 Å². The summed E-state index contributed by atoms with van der Waals surface area (Å²) in [5.41, 5.74) is 4.91. The van der Waals surface area contributed by atoms with Gasteiger partial charge in [-0.05, 0) is 73.7 Å². The number of allylic oxidation sites excluding steroid dienone is 4. The number of aliphatic carboxylic acids is 1. The Labute approximate surface area is 239 Å². The summed E-state index contributed by atoms with van der Waals surface area (Å²) in [5.74, 6) is -1.87. The largest absolute Gasteiger partial charge is 0.480 e. The second-order valence-corrected chi connectivity index (χ2v) is 10.2. The molecule has 4 rings (SSSR count). The Hall–Kier alpha value is -4.69. The molecule has 0 saturated heterocycles. The van der Waals surface area contributed by atoms with Gasteiger partial charge in [0, 0.05) is 5.69 Å². The number of anilines is 2. The molecule has 0 unspecified atom stereocenters. The lowest BCUT2D eigenvalue weighted by Crippen LogP contribution is -2.49. The molecule has 3 amide bonds. The Bertz CT molecular complexity index is 1550. The third-order valence-electron chi connectivity index (χ3n) is 6.90. The van der Waals surface area contributed by atoms with Crippen LogP contribution in [0.25, 0.3) is 10.8 Å². The first kappa shape index (κ1) is 29.3. The van der Waals surface area contributed by atoms with Crippen LogP contribution in [0.4, 0.5) is 16.2 Å². The number of carbonyl (C=O) groups excluding carboxylic acids is 2. The number of carbonyl (C=O) groups is 3. The van der Waals surface area contributed by atoms with Crippen LogP contribution in [0.3, 0.4) is 0 Å². The lowest BCUT2D eigenvalue weighted by atomic mass is 10.0. The number of carboxylic acid groups (broad SMARTS) is 1. The molecular formula is C33H35N3O5. The topological polar surface area (TPSA) is 117 Å². The van der Waals surface area contributed by atoms with Crippen LogP contribution in [0, 0.1) is 20.8 Å². The number of benzene rings is 3. The lowest BCUT2D eigenvalue weighted by molar-refractivity contribution is -0.142. The van der Waals surface area contributed by atoms with E-state index in [1.54, 1.807) is 19.1 Å². The van der Waals surface area contributed by atoms with Crippen molar-refractivity contribution in [1.82, 2.24) is 5.32 Å². The first-order valence-corrected chi connectivity index (χ1v) is 13.5. The van der Waals surface area contributed by atoms with E-state index in [1.807, 2.05) is 87.5 Å². The Morgan fingerprint density at radius 2 is 1.63 bits per heavy atom. The number of ether oxygens (including phenoxy) is 1. The van der Waals surface area contributed by atoms with Crippen LogP contribution in [0.5, 0.6) is 0 Å². The number of amides is 3. The standard InChI is InChI=1S/C33H35N3O5/c1-20-15-21(2)29(22(3)16-20)36-33(40)34-28-18-26-14-10-9-13-25(26)17-27(28)31(37)35-30(32(38)39)23(4)41-19-24-11-7-5-6-8-12-24/h5-7,9-18,23,30H,8,19H2,1-4H3,(H,35,37)(H,38,39)(H2,34,36,40)/t23-,30+/m1/s1. The molecule has 4 N–H and O–H groups in total. The summed E-state index contributed by atoms with van der Waals surface area (Å²) >= 11 is 0. The van der Waals surface area contributed by atoms with Gasteiger partial charge in [0.2, 0.25) is 0 Å². The molecule has 0 radical (unpaired) electrons. The summed E-state index contributed by atoms with van der Waals surface area (Å²) in [6, 6.07) is 12.9. The zero-order valence-electron chi connectivity index (χ0n) is 23.7. The van der Waals surface area contributed by atoms with E-state index in [1.165, 1.54) is 0 Å². The van der Waals surface area contributed by atoms with Crippen LogP contribution in [0.1, 0.15) is 40.4 Å². The first-order valence-electron chi connectivity index (χ1n) is 13.5. The van der Waals surface area contributed by atoms with E-state index in [0.717, 1.165) is 39.5 Å². The van der Waals surface area contributed by atoms with Crippen LogP contribution < -0.4 is 16.0 Å². The minimum atomic E-state index is -1.32. The average Bonchev–Trinajstić information content (AvgIpc) is 3.20. The Balaban J connectivity index is 1.56. The van der Waals surface area contributed by atoms with Crippen molar-refractivity contribution >= 4 is 40.1 Å². The van der Waals surface area contributed by atoms with Crippen molar-refractivity contribution in [3.05, 3.63) is 107 Å². The quantitative estimate of drug-likeness (QED) is 0.243. The molecule has 0 spiro atoms. The molecule has 2 atom stereocenters. The van der Waals surface area contributed by atoms with Crippen molar-refractivity contribution < 1.29 is 24.2 Å². The molecule has 0 saturated carbocycles. The third-order valence-corrected chi connectivity index (χ3v) is 6.90. The normalized spacial score (nSPS) is 14.1. The number of hydrogen-bond acceptors (Lipinski definition) is 4. The predicted molar refractivity (Wildman–Crippen MR) is 163 cm³/mol. The molecule has 3 aromatic carbocycles. The fourth-order valence-corrected chi connectivity index (χ4v) is 4.83. The Morgan fingerprint density at radius 1 is 0.951 bits per heavy atom. The van der Waals surface area contributed by atoms with Crippen LogP contribution >= 0.6 is 0 Å². The maximum Gasteiger partial charge on any atom is 0.328 e. The van der Waals surface area contributed by atoms with Gasteiger partial charge in [-0.15, -0.1) is 0 Å². The monoisotopic (exact) mass is 553 g/mol. The molecule has 41 heavy (non-hydrogen) atoms. The highest BCUT2D eigenvalue weighted by Crippen LogP contribution is 2.26. The zero-order chi connectivity index (χ0) is 29.5. The molecule has 1 aliphatic rings. The number of urea groups is 1. The van der Waals surface area contributed by atoms with Gasteiger partial charge in [0.15, 0.2) is 6.04 Å². The van der Waals surface area contributed by atoms with Crippen molar-refractivity contribution in [1.29, 1.82) is 0 Å². The number of rotatable bonds is 9. The van der Waals surface area contributed by atoms with Gasteiger partial charge in [0.05, 0.1) is 24.0 Å². The van der Waals surface area contributed by atoms with Gasteiger partial charge >= 0.3 is 12.0 Å². The van der Waals surface area contributed by atoms with E-state index < -0.39 is 30.1 Å². The number of fused-ring (bicyclic) bond motifs is 1. The van der Waals surface area contributed by atoms with Crippen molar-refractivity contribution in [2.24, 2.45) is 0 Å². The van der Waals surface area contributed by atoms with Gasteiger partial charge in [-0.1, -0.05) is 72.3 Å². The average molecular weight is 554 g/mol. The molecule has 8 nitrogen and oxygen atoms in total. The summed E-state index contributed by atoms with van der Waals surface area (Å²) in [4.78, 5) is 38.8. The second kappa shape index (κ2) is 13.1. The molecule has 3 aromatic rings. The van der Waals surface area contributed by atoms with Gasteiger partial charge in [-0.25, -0.2) is 9.59 Å². The van der Waals surface area contributed by atoms with E-state index in [0.29, 0.717) is 5.69 Å². The highest BCUT2D eigenvalue weighted by atomic mass is 16.5. The fourth-order valence-electron chi connectivity index (χ4n) is 4.83. The molecule has 0 aliphatic heterocycles. The van der Waals surface area contributed by atoms with Crippen LogP contribution in [-0.4, -0.2) is 41.8 Å². The fraction of sp³-hybridized carbons (Fsp3) is 0.242. The third kappa shape index (κ3) is 7.49. The van der Waals surface area contributed by atoms with Crippen LogP contribution in [0.15, 0.2) is 84.5 Å². The number of aryl methyl sites for hydroxylation is 3. The SMILES string of the molecule is Cc1cc(C)c(NC(=O)Nc2cc3ccccc3cc2C(=O)N[C@H](C(=O)O)[C@@H](C)OCC2=CCC=CC=C2)c(C)c1. The van der Waals surface area contributed by atoms with E-state index in [4.69, 9.17) is 4.74 Å². The maximum atomic E-state index is 13.5. The predicted octanol–water partition coefficient (Wildman–Crippen LogP) is 6.44. The molecule has 0 aromatic heterocycles. The van der Waals surface area contributed by atoms with Gasteiger partial charge < -0.3 is 25.8 Å². The molecule has 1 aliphatic carbocycles. The minimum absolute atomic E-state index is 0.134. The van der Waals surface area contributed by atoms with E-state index in [9.17, 15) is 19.5 Å². The van der Waals surface area contributed by atoms with Crippen molar-refractivity contribution in [3.8, 4) is 0 Å². The van der Waals surface area contributed by atoms with E-state index in [2.05, 4.69) is 16.0 Å². The molecule has 0 bridgehead atoms. The van der Waals surface area contributed by atoms with Crippen LogP contribution in [-0.2, 0) is 9.53 Å². The highest BCUT2D eigenvalue weighted by Gasteiger charge is 2.29. The maximum absolute atomic E-state index is 13.5. The van der Waals surface area contributed by atoms with Crippen molar-refractivity contribution in [2.75, 3.05) is 17.2 Å². The van der Waals surface area contributed by atoms with Gasteiger partial charge in [-0.3, -0.25) is 4.79 Å². The van der Waals surface area contributed by atoms with Gasteiger partial charge in [0.1, 0.15) is 0 Å². The lowest BCUT2D eigenvalue weighted by Gasteiger charge is -2.23. The van der Waals surface area contributed by atoms with Gasteiger partial charge in [-0.2, -0.15) is 0 Å². The summed E-state index contributed by atoms with van der Waals surface area (Å²) < 4.78 is 5.84. The molecule has 8 heteroatoms. The smallest absolute Gasteiger partial charge is 0.328 e. The van der Waals surface area contributed by atoms with Crippen molar-refractivity contribution in [2.45, 2.75) is 46.3 Å². The Kier molecular flexibility index (Phi) is 9.37. The molecular weight excluding hydrogens is 518 g/mol. The summed E-state index contributed by atoms with van der Waals surface area (Å²) in [6.07, 6.45) is 9.68. The zero-order valence-corrected chi connectivity index (χ0v) is 23.7. The van der Waals surface area contributed by atoms with E-state index in [-0.39, 0.29) is 17.9 Å². The number of nitrogens with one attached hydrogen (secondary N) is 3. The number of carboxylic acids is 1. The minimum Gasteiger partial charge on any atom is -0.480 e. The van der Waals surface area contributed by atoms with Crippen LogP contribution in [0.2, 0.25) is 0 Å². The molecule has 0 heterocycles. The number of hydrogen-bond donors (Lipinski definition) is 4. The van der Waals surface area contributed by atoms with Crippen molar-refractivity contribution in [3.63, 3.8) is 0 Å².